The van der Waals surface area contributed by atoms with Crippen LogP contribution in [0.4, 0.5) is 0 Å². The second-order valence-corrected chi connectivity index (χ2v) is 7.60. The van der Waals surface area contributed by atoms with Crippen LogP contribution >= 0.6 is 0 Å². The Morgan fingerprint density at radius 1 is 1.17 bits per heavy atom. The molecule has 1 aromatic rings. The number of piperidine rings is 1. The van der Waals surface area contributed by atoms with Crippen molar-refractivity contribution in [2.75, 3.05) is 33.3 Å². The van der Waals surface area contributed by atoms with Crippen molar-refractivity contribution in [1.82, 2.24) is 15.1 Å². The van der Waals surface area contributed by atoms with Gasteiger partial charge in [-0.05, 0) is 38.8 Å². The lowest BCUT2D eigenvalue weighted by Gasteiger charge is -2.32. The number of hydrogen-bond acceptors (Lipinski definition) is 5. The molecule has 0 bridgehead atoms. The van der Waals surface area contributed by atoms with Crippen LogP contribution in [-0.2, 0) is 19.1 Å². The second-order valence-electron chi connectivity index (χ2n) is 7.60. The van der Waals surface area contributed by atoms with Gasteiger partial charge in [0, 0.05) is 38.2 Å². The van der Waals surface area contributed by atoms with Gasteiger partial charge in [-0.2, -0.15) is 0 Å². The Kier molecular flexibility index (Phi) is 8.83. The summed E-state index contributed by atoms with van der Waals surface area (Å²) in [6, 6.07) is 8.44. The summed E-state index contributed by atoms with van der Waals surface area (Å²) in [6.07, 6.45) is 1.25. The van der Waals surface area contributed by atoms with Crippen molar-refractivity contribution in [3.63, 3.8) is 0 Å². The maximum Gasteiger partial charge on any atom is 0.309 e. The summed E-state index contributed by atoms with van der Waals surface area (Å²) in [5, 5.41) is 2.80. The molecule has 1 fully saturated rings. The molecule has 1 N–H and O–H groups in total. The minimum Gasteiger partial charge on any atom is -0.466 e. The molecule has 0 aromatic heterocycles. The van der Waals surface area contributed by atoms with E-state index in [-0.39, 0.29) is 48.6 Å². The Labute approximate surface area is 177 Å². The van der Waals surface area contributed by atoms with E-state index in [9.17, 15) is 19.2 Å². The van der Waals surface area contributed by atoms with Crippen LogP contribution in [0.3, 0.4) is 0 Å². The first-order valence-corrected chi connectivity index (χ1v) is 10.4. The Balaban J connectivity index is 1.75. The van der Waals surface area contributed by atoms with Gasteiger partial charge < -0.3 is 19.9 Å². The minimum absolute atomic E-state index is 0.0255. The highest BCUT2D eigenvalue weighted by Crippen LogP contribution is 2.19. The van der Waals surface area contributed by atoms with Crippen molar-refractivity contribution in [3.05, 3.63) is 35.9 Å². The predicted octanol–water partition coefficient (Wildman–Crippen LogP) is 1.46. The first kappa shape index (κ1) is 23.4. The second kappa shape index (κ2) is 11.3. The van der Waals surface area contributed by atoms with Crippen LogP contribution in [0, 0.1) is 5.92 Å². The van der Waals surface area contributed by atoms with Gasteiger partial charge in [-0.1, -0.05) is 18.2 Å². The van der Waals surface area contributed by atoms with Gasteiger partial charge in [-0.25, -0.2) is 0 Å². The van der Waals surface area contributed by atoms with Crippen LogP contribution < -0.4 is 5.32 Å². The quantitative estimate of drug-likeness (QED) is 0.646. The molecule has 2 rings (SSSR count). The largest absolute Gasteiger partial charge is 0.466 e. The van der Waals surface area contributed by atoms with Crippen molar-refractivity contribution in [2.45, 2.75) is 39.2 Å². The lowest BCUT2D eigenvalue weighted by Crippen LogP contribution is -2.46. The summed E-state index contributed by atoms with van der Waals surface area (Å²) in [7, 11) is 1.58. The maximum atomic E-state index is 12.5. The highest BCUT2D eigenvalue weighted by molar-refractivity contribution is 5.94. The van der Waals surface area contributed by atoms with E-state index in [1.807, 2.05) is 6.07 Å². The molecule has 0 spiro atoms. The molecule has 1 unspecified atom stereocenters. The van der Waals surface area contributed by atoms with Crippen LogP contribution in [-0.4, -0.2) is 72.8 Å². The fourth-order valence-corrected chi connectivity index (χ4v) is 3.38. The highest BCUT2D eigenvalue weighted by Gasteiger charge is 2.29. The van der Waals surface area contributed by atoms with Crippen LogP contribution in [0.25, 0.3) is 0 Å². The van der Waals surface area contributed by atoms with E-state index in [2.05, 4.69) is 5.32 Å². The first-order chi connectivity index (χ1) is 14.3. The number of nitrogens with zero attached hydrogens (tertiary/aromatic N) is 2. The van der Waals surface area contributed by atoms with Crippen LogP contribution in [0.5, 0.6) is 0 Å². The highest BCUT2D eigenvalue weighted by atomic mass is 16.5. The lowest BCUT2D eigenvalue weighted by atomic mass is 9.97. The summed E-state index contributed by atoms with van der Waals surface area (Å²) in [5.74, 6) is -0.968. The van der Waals surface area contributed by atoms with Gasteiger partial charge in [0.1, 0.15) is 0 Å². The van der Waals surface area contributed by atoms with Crippen LogP contribution in [0.15, 0.2) is 30.3 Å². The molecular formula is C22H31N3O5. The Morgan fingerprint density at radius 2 is 1.80 bits per heavy atom. The number of ether oxygens (including phenoxy) is 1. The molecule has 1 aliphatic rings. The molecule has 1 saturated heterocycles. The number of amides is 3. The molecule has 8 nitrogen and oxygen atoms in total. The predicted molar refractivity (Wildman–Crippen MR) is 112 cm³/mol. The molecule has 0 radical (unpaired) electrons. The molecule has 0 aliphatic carbocycles. The van der Waals surface area contributed by atoms with Gasteiger partial charge in [0.25, 0.3) is 5.91 Å². The summed E-state index contributed by atoms with van der Waals surface area (Å²) in [4.78, 5) is 52.0. The topological polar surface area (TPSA) is 96.0 Å². The lowest BCUT2D eigenvalue weighted by molar-refractivity contribution is -0.151. The van der Waals surface area contributed by atoms with Crippen molar-refractivity contribution in [1.29, 1.82) is 0 Å². The Hall–Kier alpha value is -2.90. The summed E-state index contributed by atoms with van der Waals surface area (Å²) >= 11 is 0. The standard InChI is InChI=1S/C22H31N3O5/c1-4-30-22(29)18-10-12-25(13-11-18)20(27)15-24(3)19(26)14-16(2)23-21(28)17-8-6-5-7-9-17/h5-9,16,18H,4,10-15H2,1-3H3,(H,23,28). The van der Waals surface area contributed by atoms with E-state index in [1.165, 1.54) is 4.90 Å². The molecule has 164 valence electrons. The summed E-state index contributed by atoms with van der Waals surface area (Å²) < 4.78 is 5.04. The molecule has 30 heavy (non-hydrogen) atoms. The number of esters is 1. The Bertz CT molecular complexity index is 744. The van der Waals surface area contributed by atoms with E-state index in [1.54, 1.807) is 50.1 Å². The van der Waals surface area contributed by atoms with Crippen LogP contribution in [0.2, 0.25) is 0 Å². The SMILES string of the molecule is CCOC(=O)C1CCN(C(=O)CN(C)C(=O)CC(C)NC(=O)c2ccccc2)CC1. The number of carbonyl (C=O) groups excluding carboxylic acids is 4. The molecule has 1 heterocycles. The molecule has 3 amide bonds. The van der Waals surface area contributed by atoms with Gasteiger partial charge in [0.15, 0.2) is 0 Å². The van der Waals surface area contributed by atoms with E-state index in [4.69, 9.17) is 4.74 Å². The number of carbonyl (C=O) groups is 4. The number of benzene rings is 1. The fourth-order valence-electron chi connectivity index (χ4n) is 3.38. The zero-order chi connectivity index (χ0) is 22.1. The average molecular weight is 418 g/mol. The number of rotatable bonds is 8. The minimum atomic E-state index is -0.358. The molecule has 8 heteroatoms. The van der Waals surface area contributed by atoms with Gasteiger partial charge >= 0.3 is 5.97 Å². The zero-order valence-electron chi connectivity index (χ0n) is 17.9. The number of likely N-dealkylation sites (tertiary alicyclic amines) is 1. The van der Waals surface area contributed by atoms with E-state index in [0.29, 0.717) is 38.1 Å². The van der Waals surface area contributed by atoms with Gasteiger partial charge in [-0.15, -0.1) is 0 Å². The van der Waals surface area contributed by atoms with E-state index in [0.717, 1.165) is 0 Å². The summed E-state index contributed by atoms with van der Waals surface area (Å²) in [5.41, 5.74) is 0.534. The number of likely N-dealkylation sites (N-methyl/N-ethyl adjacent to an activating group) is 1. The fraction of sp³-hybridized carbons (Fsp3) is 0.545. The third-order valence-electron chi connectivity index (χ3n) is 5.16. The molecule has 1 aliphatic heterocycles. The number of hydrogen-bond donors (Lipinski definition) is 1. The van der Waals surface area contributed by atoms with E-state index < -0.39 is 0 Å². The Morgan fingerprint density at radius 3 is 2.40 bits per heavy atom. The molecular weight excluding hydrogens is 386 g/mol. The van der Waals surface area contributed by atoms with Crippen molar-refractivity contribution >= 4 is 23.7 Å². The van der Waals surface area contributed by atoms with Gasteiger partial charge in [-0.3, -0.25) is 19.2 Å². The first-order valence-electron chi connectivity index (χ1n) is 10.4. The smallest absolute Gasteiger partial charge is 0.309 e. The monoisotopic (exact) mass is 417 g/mol. The van der Waals surface area contributed by atoms with E-state index >= 15 is 0 Å². The van der Waals surface area contributed by atoms with Crippen molar-refractivity contribution in [2.24, 2.45) is 5.92 Å². The number of nitrogens with one attached hydrogen (secondary N) is 1. The van der Waals surface area contributed by atoms with Crippen LogP contribution in [0.1, 0.15) is 43.5 Å². The third-order valence-corrected chi connectivity index (χ3v) is 5.16. The average Bonchev–Trinajstić information content (AvgIpc) is 2.74. The molecule has 1 atom stereocenters. The normalized spacial score (nSPS) is 15.2. The molecule has 1 aromatic carbocycles. The van der Waals surface area contributed by atoms with Crippen molar-refractivity contribution < 1.29 is 23.9 Å². The van der Waals surface area contributed by atoms with Gasteiger partial charge in [0.2, 0.25) is 11.8 Å². The third kappa shape index (κ3) is 6.86. The zero-order valence-corrected chi connectivity index (χ0v) is 17.9. The van der Waals surface area contributed by atoms with Crippen molar-refractivity contribution in [3.8, 4) is 0 Å². The molecule has 0 saturated carbocycles. The van der Waals surface area contributed by atoms with Gasteiger partial charge in [0.05, 0.1) is 19.1 Å². The maximum absolute atomic E-state index is 12.5. The summed E-state index contributed by atoms with van der Waals surface area (Å²) in [6.45, 7) is 4.82.